The summed E-state index contributed by atoms with van der Waals surface area (Å²) in [6.07, 6.45) is -2.15. The molecule has 0 atom stereocenters. The average molecular weight is 295 g/mol. The molecule has 0 aromatic carbocycles. The molecular formula is C14H24F3NO2. The lowest BCUT2D eigenvalue weighted by Gasteiger charge is -2.38. The molecule has 0 aliphatic heterocycles. The fourth-order valence-corrected chi connectivity index (χ4v) is 2.72. The number of hydrogen-bond donors (Lipinski definition) is 1. The third kappa shape index (κ3) is 6.48. The minimum Gasteiger partial charge on any atom is -0.444 e. The van der Waals surface area contributed by atoms with Gasteiger partial charge in [0.25, 0.3) is 0 Å². The number of ether oxygens (including phenoxy) is 1. The van der Waals surface area contributed by atoms with Crippen molar-refractivity contribution < 1.29 is 22.7 Å². The molecular weight excluding hydrogens is 271 g/mol. The van der Waals surface area contributed by atoms with Crippen molar-refractivity contribution in [1.82, 2.24) is 5.32 Å². The first kappa shape index (κ1) is 17.1. The van der Waals surface area contributed by atoms with Crippen molar-refractivity contribution >= 4 is 6.09 Å². The van der Waals surface area contributed by atoms with Crippen molar-refractivity contribution in [1.29, 1.82) is 0 Å². The minimum atomic E-state index is -4.20. The molecule has 1 aliphatic carbocycles. The Morgan fingerprint density at radius 1 is 1.15 bits per heavy atom. The lowest BCUT2D eigenvalue weighted by Crippen LogP contribution is -2.43. The van der Waals surface area contributed by atoms with Gasteiger partial charge in [0.15, 0.2) is 0 Å². The maximum absolute atomic E-state index is 12.7. The number of amides is 1. The van der Waals surface area contributed by atoms with Crippen LogP contribution in [0.3, 0.4) is 0 Å². The second-order valence-corrected chi connectivity index (χ2v) is 6.71. The molecule has 0 heterocycles. The van der Waals surface area contributed by atoms with Gasteiger partial charge in [0.1, 0.15) is 5.60 Å². The van der Waals surface area contributed by atoms with Crippen LogP contribution in [0.1, 0.15) is 59.3 Å². The molecule has 3 nitrogen and oxygen atoms in total. The summed E-state index contributed by atoms with van der Waals surface area (Å²) in [5, 5.41) is 2.51. The number of rotatable bonds is 3. The topological polar surface area (TPSA) is 38.3 Å². The number of carbonyl (C=O) groups excluding carboxylic acids is 1. The van der Waals surface area contributed by atoms with Gasteiger partial charge in [0.05, 0.1) is 6.42 Å². The van der Waals surface area contributed by atoms with Crippen molar-refractivity contribution in [3.63, 3.8) is 0 Å². The summed E-state index contributed by atoms with van der Waals surface area (Å²) in [5.74, 6) is 0. The lowest BCUT2D eigenvalue weighted by molar-refractivity contribution is -0.162. The lowest BCUT2D eigenvalue weighted by atomic mass is 9.71. The van der Waals surface area contributed by atoms with Crippen molar-refractivity contribution in [2.45, 2.75) is 71.1 Å². The number of nitrogens with one attached hydrogen (secondary N) is 1. The second-order valence-electron chi connectivity index (χ2n) is 6.71. The molecule has 0 radical (unpaired) electrons. The van der Waals surface area contributed by atoms with Gasteiger partial charge >= 0.3 is 12.3 Å². The van der Waals surface area contributed by atoms with Crippen LogP contribution in [0.5, 0.6) is 0 Å². The van der Waals surface area contributed by atoms with E-state index in [-0.39, 0.29) is 6.54 Å². The van der Waals surface area contributed by atoms with Crippen LogP contribution in [0.2, 0.25) is 0 Å². The molecule has 1 amide bonds. The van der Waals surface area contributed by atoms with Crippen molar-refractivity contribution in [2.75, 3.05) is 6.54 Å². The molecule has 20 heavy (non-hydrogen) atoms. The monoisotopic (exact) mass is 295 g/mol. The maximum Gasteiger partial charge on any atom is 0.407 e. The van der Waals surface area contributed by atoms with E-state index < -0.39 is 29.7 Å². The van der Waals surface area contributed by atoms with E-state index in [0.717, 1.165) is 19.3 Å². The number of alkyl halides is 3. The van der Waals surface area contributed by atoms with E-state index in [4.69, 9.17) is 4.74 Å². The highest BCUT2D eigenvalue weighted by molar-refractivity contribution is 5.67. The fourth-order valence-electron chi connectivity index (χ4n) is 2.72. The SMILES string of the molecule is CC(C)(C)OC(=O)NCC1(CC(F)(F)F)CCCCC1. The third-order valence-corrected chi connectivity index (χ3v) is 3.50. The van der Waals surface area contributed by atoms with Crippen LogP contribution >= 0.6 is 0 Å². The summed E-state index contributed by atoms with van der Waals surface area (Å²) in [6, 6.07) is 0. The molecule has 0 unspecified atom stereocenters. The van der Waals surface area contributed by atoms with E-state index in [1.807, 2.05) is 0 Å². The predicted octanol–water partition coefficient (Wildman–Crippen LogP) is 4.41. The Bertz CT molecular complexity index is 328. The van der Waals surface area contributed by atoms with E-state index in [2.05, 4.69) is 5.32 Å². The number of alkyl carbamates (subject to hydrolysis) is 1. The quantitative estimate of drug-likeness (QED) is 0.837. The molecule has 0 aromatic heterocycles. The Morgan fingerprint density at radius 3 is 2.15 bits per heavy atom. The molecule has 1 fully saturated rings. The van der Waals surface area contributed by atoms with Gasteiger partial charge in [-0.25, -0.2) is 4.79 Å². The Hall–Kier alpha value is -0.940. The van der Waals surface area contributed by atoms with Gasteiger partial charge in [0.2, 0.25) is 0 Å². The molecule has 0 bridgehead atoms. The molecule has 0 saturated heterocycles. The molecule has 118 valence electrons. The average Bonchev–Trinajstić information content (AvgIpc) is 2.23. The minimum absolute atomic E-state index is 0.0292. The van der Waals surface area contributed by atoms with Crippen molar-refractivity contribution in [3.8, 4) is 0 Å². The van der Waals surface area contributed by atoms with Crippen LogP contribution in [-0.4, -0.2) is 24.4 Å². The van der Waals surface area contributed by atoms with Crippen LogP contribution in [0.4, 0.5) is 18.0 Å². The first-order valence-corrected chi connectivity index (χ1v) is 7.05. The Morgan fingerprint density at radius 2 is 1.70 bits per heavy atom. The van der Waals surface area contributed by atoms with E-state index in [1.165, 1.54) is 0 Å². The smallest absolute Gasteiger partial charge is 0.407 e. The van der Waals surface area contributed by atoms with Crippen LogP contribution in [-0.2, 0) is 4.74 Å². The van der Waals surface area contributed by atoms with Crippen molar-refractivity contribution in [3.05, 3.63) is 0 Å². The van der Waals surface area contributed by atoms with E-state index in [9.17, 15) is 18.0 Å². The highest BCUT2D eigenvalue weighted by Crippen LogP contribution is 2.44. The maximum atomic E-state index is 12.7. The van der Waals surface area contributed by atoms with Gasteiger partial charge in [-0.05, 0) is 39.0 Å². The van der Waals surface area contributed by atoms with Crippen molar-refractivity contribution in [2.24, 2.45) is 5.41 Å². The van der Waals surface area contributed by atoms with Gasteiger partial charge in [-0.15, -0.1) is 0 Å². The summed E-state index contributed by atoms with van der Waals surface area (Å²) >= 11 is 0. The van der Waals surface area contributed by atoms with E-state index >= 15 is 0 Å². The largest absolute Gasteiger partial charge is 0.444 e. The third-order valence-electron chi connectivity index (χ3n) is 3.50. The number of hydrogen-bond acceptors (Lipinski definition) is 2. The van der Waals surface area contributed by atoms with Gasteiger partial charge < -0.3 is 10.1 Å². The molecule has 0 aromatic rings. The molecule has 6 heteroatoms. The Labute approximate surface area is 118 Å². The van der Waals surface area contributed by atoms with Crippen LogP contribution in [0, 0.1) is 5.41 Å². The summed E-state index contributed by atoms with van der Waals surface area (Å²) in [4.78, 5) is 11.6. The highest BCUT2D eigenvalue weighted by atomic mass is 19.4. The predicted molar refractivity (Wildman–Crippen MR) is 70.4 cm³/mol. The Balaban J connectivity index is 2.59. The van der Waals surface area contributed by atoms with Gasteiger partial charge in [-0.2, -0.15) is 13.2 Å². The van der Waals surface area contributed by atoms with Gasteiger partial charge in [0, 0.05) is 6.54 Å². The zero-order chi connectivity index (χ0) is 15.4. The normalized spacial score (nSPS) is 19.5. The van der Waals surface area contributed by atoms with E-state index in [1.54, 1.807) is 20.8 Å². The zero-order valence-electron chi connectivity index (χ0n) is 12.4. The highest BCUT2D eigenvalue weighted by Gasteiger charge is 2.43. The number of carbonyl (C=O) groups is 1. The zero-order valence-corrected chi connectivity index (χ0v) is 12.4. The van der Waals surface area contributed by atoms with E-state index in [0.29, 0.717) is 12.8 Å². The first-order chi connectivity index (χ1) is 9.02. The molecule has 1 rings (SSSR count). The fraction of sp³-hybridized carbons (Fsp3) is 0.929. The molecule has 1 N–H and O–H groups in total. The van der Waals surface area contributed by atoms with Gasteiger partial charge in [-0.1, -0.05) is 19.3 Å². The summed E-state index contributed by atoms with van der Waals surface area (Å²) in [5.41, 5.74) is -1.51. The summed E-state index contributed by atoms with van der Waals surface area (Å²) in [6.45, 7) is 5.19. The summed E-state index contributed by atoms with van der Waals surface area (Å²) in [7, 11) is 0. The van der Waals surface area contributed by atoms with Crippen LogP contribution in [0.15, 0.2) is 0 Å². The van der Waals surface area contributed by atoms with Crippen LogP contribution < -0.4 is 5.32 Å². The molecule has 0 spiro atoms. The molecule has 1 aliphatic rings. The molecule has 1 saturated carbocycles. The standard InChI is InChI=1S/C14H24F3NO2/c1-12(2,3)20-11(19)18-10-13(9-14(15,16)17)7-5-4-6-8-13/h4-10H2,1-3H3,(H,18,19). The summed E-state index contributed by atoms with van der Waals surface area (Å²) < 4.78 is 43.3. The van der Waals surface area contributed by atoms with Gasteiger partial charge in [-0.3, -0.25) is 0 Å². The second kappa shape index (κ2) is 6.22. The van der Waals surface area contributed by atoms with Crippen LogP contribution in [0.25, 0.3) is 0 Å². The first-order valence-electron chi connectivity index (χ1n) is 7.05. The number of halogens is 3. The Kier molecular flexibility index (Phi) is 5.33.